The van der Waals surface area contributed by atoms with Crippen LogP contribution < -0.4 is 0 Å². The molecule has 1 aliphatic rings. The minimum atomic E-state index is -1.46. The van der Waals surface area contributed by atoms with Crippen LogP contribution in [0.25, 0.3) is 0 Å². The first-order chi connectivity index (χ1) is 7.73. The topological polar surface area (TPSA) is 35.5 Å². The summed E-state index contributed by atoms with van der Waals surface area (Å²) in [5.74, 6) is 2.82. The van der Waals surface area contributed by atoms with Gasteiger partial charge in [-0.2, -0.15) is 0 Å². The van der Waals surface area contributed by atoms with E-state index in [1.165, 1.54) is 6.92 Å². The summed E-state index contributed by atoms with van der Waals surface area (Å²) in [6.07, 6.45) is 1.46. The molecule has 3 nitrogen and oxygen atoms in total. The van der Waals surface area contributed by atoms with Crippen molar-refractivity contribution in [2.75, 3.05) is 6.61 Å². The quantitative estimate of drug-likeness (QED) is 0.431. The molecule has 0 N–H and O–H groups in total. The van der Waals surface area contributed by atoms with Gasteiger partial charge in [-0.3, -0.25) is 4.79 Å². The molecule has 17 heavy (non-hydrogen) atoms. The molecule has 0 aromatic carbocycles. The van der Waals surface area contributed by atoms with Crippen LogP contribution in [0.15, 0.2) is 0 Å². The van der Waals surface area contributed by atoms with Gasteiger partial charge in [0.2, 0.25) is 0 Å². The molecule has 0 aromatic rings. The lowest BCUT2D eigenvalue weighted by Crippen LogP contribution is -2.41. The first-order valence-electron chi connectivity index (χ1n) is 6.07. The Kier molecular flexibility index (Phi) is 4.40. The van der Waals surface area contributed by atoms with Crippen LogP contribution in [0.5, 0.6) is 0 Å². The SMILES string of the molecule is CC(=O)O[C@@H](C#C[Si](C)(C)C)[C@]1(C)CCCO1. The van der Waals surface area contributed by atoms with Gasteiger partial charge >= 0.3 is 5.97 Å². The number of ether oxygens (including phenoxy) is 2. The summed E-state index contributed by atoms with van der Waals surface area (Å²) in [7, 11) is -1.46. The van der Waals surface area contributed by atoms with Crippen molar-refractivity contribution in [1.82, 2.24) is 0 Å². The number of hydrogen-bond acceptors (Lipinski definition) is 3. The van der Waals surface area contributed by atoms with E-state index in [2.05, 4.69) is 31.1 Å². The molecule has 96 valence electrons. The molecular formula is C13H22O3Si. The van der Waals surface area contributed by atoms with Gasteiger partial charge < -0.3 is 9.47 Å². The van der Waals surface area contributed by atoms with E-state index in [9.17, 15) is 4.79 Å². The highest BCUT2D eigenvalue weighted by atomic mass is 28.3. The maximum absolute atomic E-state index is 11.1. The van der Waals surface area contributed by atoms with E-state index < -0.39 is 19.8 Å². The standard InChI is InChI=1S/C13H22O3Si/c1-11(14)16-12(7-10-17(3,4)5)13(2)8-6-9-15-13/h12H,6,8-9H2,1-5H3/t12-,13-/m0/s1. The van der Waals surface area contributed by atoms with E-state index in [1.54, 1.807) is 0 Å². The van der Waals surface area contributed by atoms with E-state index >= 15 is 0 Å². The molecule has 1 aliphatic heterocycles. The predicted octanol–water partition coefficient (Wildman–Crippen LogP) is 2.37. The third-order valence-corrected chi connectivity index (χ3v) is 3.56. The molecule has 2 atom stereocenters. The Morgan fingerprint density at radius 3 is 2.53 bits per heavy atom. The van der Waals surface area contributed by atoms with Crippen LogP contribution in [-0.2, 0) is 14.3 Å². The van der Waals surface area contributed by atoms with Crippen LogP contribution >= 0.6 is 0 Å². The molecule has 1 rings (SSSR count). The average molecular weight is 254 g/mol. The first-order valence-corrected chi connectivity index (χ1v) is 9.57. The fourth-order valence-electron chi connectivity index (χ4n) is 1.76. The zero-order valence-electron chi connectivity index (χ0n) is 11.4. The van der Waals surface area contributed by atoms with Gasteiger partial charge in [0.05, 0.1) is 0 Å². The van der Waals surface area contributed by atoms with Crippen LogP contribution in [-0.4, -0.2) is 32.4 Å². The van der Waals surface area contributed by atoms with Crippen molar-refractivity contribution in [3.8, 4) is 11.5 Å². The van der Waals surface area contributed by atoms with Gasteiger partial charge in [0.25, 0.3) is 0 Å². The van der Waals surface area contributed by atoms with Crippen LogP contribution in [0.4, 0.5) is 0 Å². The minimum Gasteiger partial charge on any atom is -0.446 e. The lowest BCUT2D eigenvalue weighted by atomic mass is 9.96. The maximum Gasteiger partial charge on any atom is 0.303 e. The predicted molar refractivity (Wildman–Crippen MR) is 70.3 cm³/mol. The Morgan fingerprint density at radius 1 is 1.47 bits per heavy atom. The average Bonchev–Trinajstić information content (AvgIpc) is 2.58. The monoisotopic (exact) mass is 254 g/mol. The van der Waals surface area contributed by atoms with Crippen molar-refractivity contribution >= 4 is 14.0 Å². The van der Waals surface area contributed by atoms with Crippen molar-refractivity contribution in [3.63, 3.8) is 0 Å². The maximum atomic E-state index is 11.1. The molecule has 1 heterocycles. The molecule has 0 amide bonds. The van der Waals surface area contributed by atoms with E-state index in [-0.39, 0.29) is 5.97 Å². The van der Waals surface area contributed by atoms with Crippen molar-refractivity contribution in [2.24, 2.45) is 0 Å². The summed E-state index contributed by atoms with van der Waals surface area (Å²) in [6, 6.07) is 0. The van der Waals surface area contributed by atoms with E-state index in [0.29, 0.717) is 0 Å². The van der Waals surface area contributed by atoms with Gasteiger partial charge in [0, 0.05) is 13.5 Å². The summed E-state index contributed by atoms with van der Waals surface area (Å²) in [5.41, 5.74) is 2.83. The minimum absolute atomic E-state index is 0.295. The van der Waals surface area contributed by atoms with E-state index in [0.717, 1.165) is 19.4 Å². The molecule has 0 aliphatic carbocycles. The van der Waals surface area contributed by atoms with Gasteiger partial charge in [-0.15, -0.1) is 5.54 Å². The fraction of sp³-hybridized carbons (Fsp3) is 0.769. The molecule has 1 saturated heterocycles. The molecule has 1 fully saturated rings. The number of carbonyl (C=O) groups excluding carboxylic acids is 1. The smallest absolute Gasteiger partial charge is 0.303 e. The van der Waals surface area contributed by atoms with Gasteiger partial charge in [0.1, 0.15) is 13.7 Å². The van der Waals surface area contributed by atoms with Crippen LogP contribution in [0.3, 0.4) is 0 Å². The second-order valence-corrected chi connectivity index (χ2v) is 10.5. The van der Waals surface area contributed by atoms with Gasteiger partial charge in [-0.25, -0.2) is 0 Å². The Hall–Kier alpha value is -0.793. The molecular weight excluding hydrogens is 232 g/mol. The lowest BCUT2D eigenvalue weighted by molar-refractivity contribution is -0.155. The zero-order chi connectivity index (χ0) is 13.1. The second kappa shape index (κ2) is 5.24. The summed E-state index contributed by atoms with van der Waals surface area (Å²) >= 11 is 0. The summed E-state index contributed by atoms with van der Waals surface area (Å²) in [6.45, 7) is 10.6. The van der Waals surface area contributed by atoms with Crippen molar-refractivity contribution in [3.05, 3.63) is 0 Å². The van der Waals surface area contributed by atoms with Crippen LogP contribution in [0.1, 0.15) is 26.7 Å². The number of rotatable bonds is 2. The highest BCUT2D eigenvalue weighted by molar-refractivity contribution is 6.83. The number of esters is 1. The zero-order valence-corrected chi connectivity index (χ0v) is 12.4. The normalized spacial score (nSPS) is 25.9. The third-order valence-electron chi connectivity index (χ3n) is 2.67. The fourth-order valence-corrected chi connectivity index (χ4v) is 2.33. The largest absolute Gasteiger partial charge is 0.446 e. The second-order valence-electron chi connectivity index (χ2n) is 5.77. The Labute approximate surface area is 105 Å². The molecule has 0 spiro atoms. The Morgan fingerprint density at radius 2 is 2.12 bits per heavy atom. The van der Waals surface area contributed by atoms with Crippen molar-refractivity contribution < 1.29 is 14.3 Å². The molecule has 0 aromatic heterocycles. The van der Waals surface area contributed by atoms with Gasteiger partial charge in [-0.1, -0.05) is 25.6 Å². The van der Waals surface area contributed by atoms with Gasteiger partial charge in [-0.05, 0) is 19.8 Å². The molecule has 0 saturated carbocycles. The summed E-state index contributed by atoms with van der Waals surface area (Å²) in [4.78, 5) is 11.1. The van der Waals surface area contributed by atoms with Crippen molar-refractivity contribution in [1.29, 1.82) is 0 Å². The van der Waals surface area contributed by atoms with Crippen molar-refractivity contribution in [2.45, 2.75) is 58.0 Å². The van der Waals surface area contributed by atoms with E-state index in [4.69, 9.17) is 9.47 Å². The third kappa shape index (κ3) is 4.53. The summed E-state index contributed by atoms with van der Waals surface area (Å²) < 4.78 is 11.0. The molecule has 0 bridgehead atoms. The molecule has 4 heteroatoms. The first kappa shape index (κ1) is 14.3. The van der Waals surface area contributed by atoms with E-state index in [1.807, 2.05) is 6.92 Å². The molecule has 0 radical (unpaired) electrons. The highest BCUT2D eigenvalue weighted by Crippen LogP contribution is 2.30. The number of hydrogen-bond donors (Lipinski definition) is 0. The van der Waals surface area contributed by atoms with Crippen LogP contribution in [0, 0.1) is 11.5 Å². The highest BCUT2D eigenvalue weighted by Gasteiger charge is 2.40. The number of carbonyl (C=O) groups is 1. The Bertz CT molecular complexity index is 340. The lowest BCUT2D eigenvalue weighted by Gasteiger charge is -2.29. The van der Waals surface area contributed by atoms with Crippen LogP contribution in [0.2, 0.25) is 19.6 Å². The van der Waals surface area contributed by atoms with Gasteiger partial charge in [0.15, 0.2) is 6.10 Å². The Balaban J connectivity index is 2.86. The summed E-state index contributed by atoms with van der Waals surface area (Å²) in [5, 5.41) is 0. The molecule has 0 unspecified atom stereocenters.